The Labute approximate surface area is 157 Å². The van der Waals surface area contributed by atoms with Crippen molar-refractivity contribution < 1.29 is 14.3 Å². The lowest BCUT2D eigenvalue weighted by Gasteiger charge is -2.31. The van der Waals surface area contributed by atoms with Crippen LogP contribution in [-0.4, -0.2) is 36.7 Å². The molecule has 6 nitrogen and oxygen atoms in total. The van der Waals surface area contributed by atoms with Crippen LogP contribution in [0.1, 0.15) is 28.0 Å². The third kappa shape index (κ3) is 3.07. The first kappa shape index (κ1) is 17.3. The van der Waals surface area contributed by atoms with Gasteiger partial charge in [-0.25, -0.2) is 14.8 Å². The van der Waals surface area contributed by atoms with Gasteiger partial charge in [0.05, 0.1) is 36.5 Å². The van der Waals surface area contributed by atoms with E-state index in [0.717, 1.165) is 47.9 Å². The zero-order valence-electron chi connectivity index (χ0n) is 15.7. The smallest absolute Gasteiger partial charge is 0.337 e. The topological polar surface area (TPSA) is 64.5 Å². The molecule has 0 aliphatic carbocycles. The molecule has 2 aromatic carbocycles. The van der Waals surface area contributed by atoms with E-state index < -0.39 is 0 Å². The van der Waals surface area contributed by atoms with E-state index in [1.54, 1.807) is 25.3 Å². The molecular formula is C21H21N3O3. The third-order valence-electron chi connectivity index (χ3n) is 4.90. The average molecular weight is 363 g/mol. The molecule has 0 atom stereocenters. The predicted molar refractivity (Wildman–Crippen MR) is 104 cm³/mol. The normalized spacial score (nSPS) is 13.4. The number of rotatable bonds is 3. The molecule has 0 saturated carbocycles. The van der Waals surface area contributed by atoms with Gasteiger partial charge in [-0.3, -0.25) is 0 Å². The second kappa shape index (κ2) is 6.87. The maximum atomic E-state index is 11.9. The minimum absolute atomic E-state index is 0.381. The van der Waals surface area contributed by atoms with Crippen molar-refractivity contribution in [1.82, 2.24) is 9.97 Å². The van der Waals surface area contributed by atoms with Gasteiger partial charge in [0, 0.05) is 18.3 Å². The zero-order valence-corrected chi connectivity index (χ0v) is 15.7. The number of aryl methyl sites for hydroxylation is 2. The van der Waals surface area contributed by atoms with E-state index in [4.69, 9.17) is 19.4 Å². The van der Waals surface area contributed by atoms with E-state index in [1.807, 2.05) is 19.1 Å². The van der Waals surface area contributed by atoms with Gasteiger partial charge < -0.3 is 14.4 Å². The van der Waals surface area contributed by atoms with Crippen LogP contribution in [0.2, 0.25) is 0 Å². The molecule has 0 fully saturated rings. The number of aromatic nitrogens is 2. The number of nitrogens with zero attached hydrogens (tertiary/aromatic N) is 3. The van der Waals surface area contributed by atoms with Crippen LogP contribution in [-0.2, 0) is 11.2 Å². The van der Waals surface area contributed by atoms with Crippen molar-refractivity contribution in [2.45, 2.75) is 19.8 Å². The van der Waals surface area contributed by atoms with Crippen LogP contribution in [0.3, 0.4) is 0 Å². The van der Waals surface area contributed by atoms with Crippen molar-refractivity contribution in [3.63, 3.8) is 0 Å². The molecule has 0 spiro atoms. The highest BCUT2D eigenvalue weighted by atomic mass is 16.5. The van der Waals surface area contributed by atoms with E-state index in [1.165, 1.54) is 12.7 Å². The molecule has 0 saturated heterocycles. The standard InChI is InChI=1S/C21H21N3O3/c1-13-20(23-18-11-15(21(25)27-3)7-9-17(18)22-13)24-10-4-5-14-6-8-16(26-2)12-19(14)24/h6-9,11-12H,4-5,10H2,1-3H3. The molecule has 138 valence electrons. The van der Waals surface area contributed by atoms with Crippen LogP contribution >= 0.6 is 0 Å². The number of benzene rings is 2. The molecule has 1 aliphatic rings. The van der Waals surface area contributed by atoms with Crippen molar-refractivity contribution in [2.75, 3.05) is 25.7 Å². The second-order valence-electron chi connectivity index (χ2n) is 6.58. The molecular weight excluding hydrogens is 342 g/mol. The largest absolute Gasteiger partial charge is 0.497 e. The summed E-state index contributed by atoms with van der Waals surface area (Å²) in [5.41, 5.74) is 5.12. The van der Waals surface area contributed by atoms with Gasteiger partial charge in [-0.15, -0.1) is 0 Å². The Bertz CT molecular complexity index is 1030. The van der Waals surface area contributed by atoms with Gasteiger partial charge in [-0.1, -0.05) is 6.07 Å². The van der Waals surface area contributed by atoms with Crippen molar-refractivity contribution in [3.8, 4) is 5.75 Å². The number of hydrogen-bond acceptors (Lipinski definition) is 6. The SMILES string of the molecule is COC(=O)c1ccc2nc(C)c(N3CCCc4ccc(OC)cc43)nc2c1. The number of hydrogen-bond donors (Lipinski definition) is 0. The summed E-state index contributed by atoms with van der Waals surface area (Å²) < 4.78 is 10.2. The first-order valence-electron chi connectivity index (χ1n) is 8.92. The highest BCUT2D eigenvalue weighted by Gasteiger charge is 2.22. The lowest BCUT2D eigenvalue weighted by Crippen LogP contribution is -2.26. The monoisotopic (exact) mass is 363 g/mol. The Balaban J connectivity index is 1.84. The van der Waals surface area contributed by atoms with Crippen molar-refractivity contribution in [2.24, 2.45) is 0 Å². The van der Waals surface area contributed by atoms with Crippen LogP contribution < -0.4 is 9.64 Å². The number of ether oxygens (including phenoxy) is 2. The van der Waals surface area contributed by atoms with Crippen LogP contribution in [0.25, 0.3) is 11.0 Å². The Morgan fingerprint density at radius 2 is 1.93 bits per heavy atom. The highest BCUT2D eigenvalue weighted by Crippen LogP contribution is 2.36. The van der Waals surface area contributed by atoms with Crippen molar-refractivity contribution in [1.29, 1.82) is 0 Å². The quantitative estimate of drug-likeness (QED) is 0.659. The summed E-state index contributed by atoms with van der Waals surface area (Å²) in [5, 5.41) is 0. The fourth-order valence-corrected chi connectivity index (χ4v) is 3.54. The third-order valence-corrected chi connectivity index (χ3v) is 4.90. The molecule has 6 heteroatoms. The van der Waals surface area contributed by atoms with Gasteiger partial charge >= 0.3 is 5.97 Å². The molecule has 0 bridgehead atoms. The minimum atomic E-state index is -0.381. The Morgan fingerprint density at radius 3 is 2.70 bits per heavy atom. The summed E-state index contributed by atoms with van der Waals surface area (Å²) in [6, 6.07) is 11.4. The van der Waals surface area contributed by atoms with Crippen LogP contribution in [0, 0.1) is 6.92 Å². The number of carbonyl (C=O) groups is 1. The molecule has 0 N–H and O–H groups in total. The van der Waals surface area contributed by atoms with E-state index in [-0.39, 0.29) is 5.97 Å². The molecule has 1 aliphatic heterocycles. The van der Waals surface area contributed by atoms with E-state index >= 15 is 0 Å². The van der Waals surface area contributed by atoms with Gasteiger partial charge in [0.15, 0.2) is 5.82 Å². The van der Waals surface area contributed by atoms with E-state index in [9.17, 15) is 4.79 Å². The molecule has 27 heavy (non-hydrogen) atoms. The fraction of sp³-hybridized carbons (Fsp3) is 0.286. The molecule has 3 aromatic rings. The van der Waals surface area contributed by atoms with E-state index in [0.29, 0.717) is 11.1 Å². The summed E-state index contributed by atoms with van der Waals surface area (Å²) in [4.78, 5) is 23.6. The molecule has 0 amide bonds. The van der Waals surface area contributed by atoms with Crippen LogP contribution in [0.15, 0.2) is 36.4 Å². The second-order valence-corrected chi connectivity index (χ2v) is 6.58. The van der Waals surface area contributed by atoms with Gasteiger partial charge in [0.1, 0.15) is 5.75 Å². The summed E-state index contributed by atoms with van der Waals surface area (Å²) in [7, 11) is 3.04. The molecule has 2 heterocycles. The fourth-order valence-electron chi connectivity index (χ4n) is 3.54. The van der Waals surface area contributed by atoms with Crippen LogP contribution in [0.5, 0.6) is 5.75 Å². The van der Waals surface area contributed by atoms with E-state index in [2.05, 4.69) is 11.0 Å². The maximum absolute atomic E-state index is 11.9. The number of carbonyl (C=O) groups excluding carboxylic acids is 1. The summed E-state index contributed by atoms with van der Waals surface area (Å²) in [6.07, 6.45) is 2.07. The Kier molecular flexibility index (Phi) is 4.39. The van der Waals surface area contributed by atoms with Crippen molar-refractivity contribution in [3.05, 3.63) is 53.2 Å². The summed E-state index contributed by atoms with van der Waals surface area (Å²) >= 11 is 0. The summed E-state index contributed by atoms with van der Waals surface area (Å²) in [5.74, 6) is 1.24. The first-order valence-corrected chi connectivity index (χ1v) is 8.92. The molecule has 1 aromatic heterocycles. The Hall–Kier alpha value is -3.15. The summed E-state index contributed by atoms with van der Waals surface area (Å²) in [6.45, 7) is 2.82. The van der Waals surface area contributed by atoms with Gasteiger partial charge in [-0.2, -0.15) is 0 Å². The predicted octanol–water partition coefficient (Wildman–Crippen LogP) is 3.82. The maximum Gasteiger partial charge on any atom is 0.337 e. The molecule has 4 rings (SSSR count). The zero-order chi connectivity index (χ0) is 19.0. The lowest BCUT2D eigenvalue weighted by molar-refractivity contribution is 0.0601. The number of methoxy groups -OCH3 is 2. The highest BCUT2D eigenvalue weighted by molar-refractivity contribution is 5.93. The average Bonchev–Trinajstić information content (AvgIpc) is 2.71. The first-order chi connectivity index (χ1) is 13.1. The number of fused-ring (bicyclic) bond motifs is 2. The van der Waals surface area contributed by atoms with Gasteiger partial charge in [0.2, 0.25) is 0 Å². The number of esters is 1. The molecule has 0 unspecified atom stereocenters. The van der Waals surface area contributed by atoms with Crippen molar-refractivity contribution >= 4 is 28.5 Å². The Morgan fingerprint density at radius 1 is 1.07 bits per heavy atom. The minimum Gasteiger partial charge on any atom is -0.497 e. The lowest BCUT2D eigenvalue weighted by atomic mass is 10.0. The molecule has 0 radical (unpaired) electrons. The van der Waals surface area contributed by atoms with Crippen LogP contribution in [0.4, 0.5) is 11.5 Å². The van der Waals surface area contributed by atoms with Gasteiger partial charge in [-0.05, 0) is 49.6 Å². The van der Waals surface area contributed by atoms with Gasteiger partial charge in [0.25, 0.3) is 0 Å². The number of anilines is 2.